The Hall–Kier alpha value is -2.66. The molecule has 4 rings (SSSR count). The summed E-state index contributed by atoms with van der Waals surface area (Å²) in [6.07, 6.45) is 3.71. The van der Waals surface area contributed by atoms with Gasteiger partial charge in [0.05, 0.1) is 6.17 Å². The predicted molar refractivity (Wildman–Crippen MR) is 101 cm³/mol. The van der Waals surface area contributed by atoms with Crippen molar-refractivity contribution >= 4 is 22.3 Å². The number of anilines is 2. The lowest BCUT2D eigenvalue weighted by molar-refractivity contribution is 0.630. The zero-order valence-corrected chi connectivity index (χ0v) is 14.2. The number of nitrogens with zero attached hydrogens (tertiary/aromatic N) is 2. The Labute approximate surface area is 146 Å². The van der Waals surface area contributed by atoms with Crippen LogP contribution in [0.2, 0.25) is 0 Å². The van der Waals surface area contributed by atoms with Gasteiger partial charge in [-0.15, -0.1) is 0 Å². The molecule has 0 saturated carbocycles. The highest BCUT2D eigenvalue weighted by Gasteiger charge is 2.24. The summed E-state index contributed by atoms with van der Waals surface area (Å²) in [5, 5.41) is 1.94. The molecular formula is C20H21FN4. The van der Waals surface area contributed by atoms with Gasteiger partial charge < -0.3 is 16.4 Å². The van der Waals surface area contributed by atoms with Gasteiger partial charge in [0.2, 0.25) is 0 Å². The molecule has 4 nitrogen and oxygen atoms in total. The number of nitrogen functional groups attached to an aromatic ring is 1. The Balaban J connectivity index is 2.00. The number of hydrogen-bond donors (Lipinski definition) is 2. The third kappa shape index (κ3) is 2.70. The standard InChI is InChI=1S/C20H21FN4/c1-12-4-2-5-16(21)20(12)13-8-14-11-24-18(22)10-15(14)17(9-13)25-7-3-6-19(25)23/h2,4-5,8-11,19H,3,6-7,23H2,1H3,(H2,22,24)/t19-/m1/s1. The number of pyridine rings is 1. The van der Waals surface area contributed by atoms with Crippen LogP contribution in [0.3, 0.4) is 0 Å². The number of fused-ring (bicyclic) bond motifs is 1. The van der Waals surface area contributed by atoms with Gasteiger partial charge in [0, 0.05) is 34.8 Å². The molecule has 1 aromatic heterocycles. The van der Waals surface area contributed by atoms with Crippen LogP contribution in [0.25, 0.3) is 21.9 Å². The number of hydrogen-bond acceptors (Lipinski definition) is 4. The van der Waals surface area contributed by atoms with Crippen LogP contribution in [-0.4, -0.2) is 17.7 Å². The molecule has 1 fully saturated rings. The molecule has 25 heavy (non-hydrogen) atoms. The first-order chi connectivity index (χ1) is 12.0. The average molecular weight is 336 g/mol. The highest BCUT2D eigenvalue weighted by molar-refractivity contribution is 5.99. The zero-order valence-electron chi connectivity index (χ0n) is 14.2. The molecule has 128 valence electrons. The smallest absolute Gasteiger partial charge is 0.131 e. The van der Waals surface area contributed by atoms with Crippen LogP contribution in [0.4, 0.5) is 15.9 Å². The van der Waals surface area contributed by atoms with Crippen molar-refractivity contribution in [2.45, 2.75) is 25.9 Å². The van der Waals surface area contributed by atoms with Crippen molar-refractivity contribution in [2.24, 2.45) is 5.73 Å². The van der Waals surface area contributed by atoms with Gasteiger partial charge in [-0.1, -0.05) is 12.1 Å². The number of benzene rings is 2. The Morgan fingerprint density at radius 3 is 2.80 bits per heavy atom. The van der Waals surface area contributed by atoms with Crippen molar-refractivity contribution in [3.05, 3.63) is 54.0 Å². The van der Waals surface area contributed by atoms with Gasteiger partial charge >= 0.3 is 0 Å². The Morgan fingerprint density at radius 1 is 1.24 bits per heavy atom. The first-order valence-corrected chi connectivity index (χ1v) is 8.51. The van der Waals surface area contributed by atoms with Crippen molar-refractivity contribution in [3.8, 4) is 11.1 Å². The monoisotopic (exact) mass is 336 g/mol. The van der Waals surface area contributed by atoms with Gasteiger partial charge in [-0.05, 0) is 55.2 Å². The number of aryl methyl sites for hydroxylation is 1. The molecule has 0 amide bonds. The SMILES string of the molecule is Cc1cccc(F)c1-c1cc(N2CCC[C@@H]2N)c2cc(N)ncc2c1. The van der Waals surface area contributed by atoms with E-state index in [9.17, 15) is 4.39 Å². The second-order valence-corrected chi connectivity index (χ2v) is 6.66. The second kappa shape index (κ2) is 6.01. The quantitative estimate of drug-likeness (QED) is 0.746. The molecule has 2 heterocycles. The number of rotatable bonds is 2. The van der Waals surface area contributed by atoms with E-state index in [1.54, 1.807) is 12.3 Å². The summed E-state index contributed by atoms with van der Waals surface area (Å²) in [5.74, 6) is 0.246. The summed E-state index contributed by atoms with van der Waals surface area (Å²) < 4.78 is 14.5. The van der Waals surface area contributed by atoms with Crippen LogP contribution < -0.4 is 16.4 Å². The van der Waals surface area contributed by atoms with Gasteiger partial charge in [0.1, 0.15) is 11.6 Å². The highest BCUT2D eigenvalue weighted by atomic mass is 19.1. The van der Waals surface area contributed by atoms with Crippen LogP contribution >= 0.6 is 0 Å². The van der Waals surface area contributed by atoms with Crippen molar-refractivity contribution < 1.29 is 4.39 Å². The fraction of sp³-hybridized carbons (Fsp3) is 0.250. The summed E-state index contributed by atoms with van der Waals surface area (Å²) >= 11 is 0. The van der Waals surface area contributed by atoms with E-state index in [1.165, 1.54) is 6.07 Å². The molecule has 5 heteroatoms. The lowest BCUT2D eigenvalue weighted by Gasteiger charge is -2.26. The summed E-state index contributed by atoms with van der Waals surface area (Å²) in [5.41, 5.74) is 15.6. The summed E-state index contributed by atoms with van der Waals surface area (Å²) in [6.45, 7) is 2.81. The van der Waals surface area contributed by atoms with E-state index in [2.05, 4.69) is 9.88 Å². The minimum atomic E-state index is -0.223. The molecule has 0 aliphatic carbocycles. The number of aromatic nitrogens is 1. The fourth-order valence-electron chi connectivity index (χ4n) is 3.72. The first-order valence-electron chi connectivity index (χ1n) is 8.51. The first kappa shape index (κ1) is 15.8. The van der Waals surface area contributed by atoms with Crippen LogP contribution in [0, 0.1) is 12.7 Å². The fourth-order valence-corrected chi connectivity index (χ4v) is 3.72. The highest BCUT2D eigenvalue weighted by Crippen LogP contribution is 2.37. The van der Waals surface area contributed by atoms with E-state index in [1.807, 2.05) is 31.2 Å². The number of halogens is 1. The molecule has 4 N–H and O–H groups in total. The lowest BCUT2D eigenvalue weighted by atomic mass is 9.96. The third-order valence-corrected chi connectivity index (χ3v) is 4.95. The Morgan fingerprint density at radius 2 is 2.08 bits per heavy atom. The topological polar surface area (TPSA) is 68.2 Å². The van der Waals surface area contributed by atoms with Crippen molar-refractivity contribution in [1.29, 1.82) is 0 Å². The zero-order chi connectivity index (χ0) is 17.6. The minimum absolute atomic E-state index is 0.0328. The average Bonchev–Trinajstić information content (AvgIpc) is 3.00. The van der Waals surface area contributed by atoms with E-state index in [0.717, 1.165) is 47.0 Å². The maximum atomic E-state index is 14.5. The molecular weight excluding hydrogens is 315 g/mol. The molecule has 0 unspecified atom stereocenters. The van der Waals surface area contributed by atoms with Gasteiger partial charge in [0.15, 0.2) is 0 Å². The summed E-state index contributed by atoms with van der Waals surface area (Å²) in [7, 11) is 0. The summed E-state index contributed by atoms with van der Waals surface area (Å²) in [6, 6.07) is 11.0. The number of nitrogens with two attached hydrogens (primary N) is 2. The molecule has 1 aliphatic heterocycles. The van der Waals surface area contributed by atoms with Crippen LogP contribution in [0.1, 0.15) is 18.4 Å². The van der Waals surface area contributed by atoms with Gasteiger partial charge in [-0.3, -0.25) is 0 Å². The van der Waals surface area contributed by atoms with Gasteiger partial charge in [-0.25, -0.2) is 9.37 Å². The molecule has 1 atom stereocenters. The molecule has 1 aliphatic rings. The largest absolute Gasteiger partial charge is 0.384 e. The predicted octanol–water partition coefficient (Wildman–Crippen LogP) is 3.82. The molecule has 2 aromatic carbocycles. The van der Waals surface area contributed by atoms with Crippen LogP contribution in [-0.2, 0) is 0 Å². The maximum Gasteiger partial charge on any atom is 0.131 e. The van der Waals surface area contributed by atoms with Gasteiger partial charge in [0.25, 0.3) is 0 Å². The molecule has 0 spiro atoms. The van der Waals surface area contributed by atoms with Crippen LogP contribution in [0.5, 0.6) is 0 Å². The maximum absolute atomic E-state index is 14.5. The van der Waals surface area contributed by atoms with Crippen molar-refractivity contribution in [2.75, 3.05) is 17.2 Å². The third-order valence-electron chi connectivity index (χ3n) is 4.95. The van der Waals surface area contributed by atoms with Crippen molar-refractivity contribution in [3.63, 3.8) is 0 Å². The Bertz CT molecular complexity index is 934. The normalized spacial score (nSPS) is 17.4. The molecule has 3 aromatic rings. The lowest BCUT2D eigenvalue weighted by Crippen LogP contribution is -2.36. The molecule has 0 bridgehead atoms. The molecule has 0 radical (unpaired) electrons. The van der Waals surface area contributed by atoms with E-state index in [-0.39, 0.29) is 12.0 Å². The minimum Gasteiger partial charge on any atom is -0.384 e. The van der Waals surface area contributed by atoms with E-state index < -0.39 is 0 Å². The van der Waals surface area contributed by atoms with Gasteiger partial charge in [-0.2, -0.15) is 0 Å². The summed E-state index contributed by atoms with van der Waals surface area (Å²) in [4.78, 5) is 6.39. The van der Waals surface area contributed by atoms with E-state index in [4.69, 9.17) is 11.5 Å². The van der Waals surface area contributed by atoms with Crippen molar-refractivity contribution in [1.82, 2.24) is 4.98 Å². The van der Waals surface area contributed by atoms with Crippen LogP contribution in [0.15, 0.2) is 42.6 Å². The molecule has 1 saturated heterocycles. The Kier molecular flexibility index (Phi) is 3.81. The second-order valence-electron chi connectivity index (χ2n) is 6.66. The van der Waals surface area contributed by atoms with E-state index >= 15 is 0 Å². The van der Waals surface area contributed by atoms with E-state index in [0.29, 0.717) is 11.4 Å².